The zero-order valence-corrected chi connectivity index (χ0v) is 19.7. The van der Waals surface area contributed by atoms with Crippen molar-refractivity contribution >= 4 is 18.0 Å². The van der Waals surface area contributed by atoms with Gasteiger partial charge in [0.1, 0.15) is 6.61 Å². The molecule has 1 unspecified atom stereocenters. The maximum absolute atomic E-state index is 12.2. The molecule has 0 aromatic heterocycles. The van der Waals surface area contributed by atoms with Crippen LogP contribution < -0.4 is 10.6 Å². The van der Waals surface area contributed by atoms with Gasteiger partial charge >= 0.3 is 12.1 Å². The van der Waals surface area contributed by atoms with Crippen LogP contribution in [-0.2, 0) is 14.3 Å². The molecule has 2 aromatic rings. The monoisotopic (exact) mass is 466 g/mol. The zero-order valence-electron chi connectivity index (χ0n) is 19.7. The number of amides is 2. The van der Waals surface area contributed by atoms with Crippen LogP contribution in [0.1, 0.15) is 62.5 Å². The molecule has 0 aliphatic heterocycles. The van der Waals surface area contributed by atoms with Crippen molar-refractivity contribution in [1.82, 2.24) is 10.6 Å². The van der Waals surface area contributed by atoms with Gasteiger partial charge in [0.25, 0.3) is 0 Å². The molecule has 2 amide bonds. The van der Waals surface area contributed by atoms with E-state index in [9.17, 15) is 14.4 Å². The first-order valence-electron chi connectivity index (χ1n) is 12.1. The minimum Gasteiger partial charge on any atom is -0.481 e. The van der Waals surface area contributed by atoms with Gasteiger partial charge in [0.2, 0.25) is 5.91 Å². The second kappa shape index (κ2) is 12.8. The summed E-state index contributed by atoms with van der Waals surface area (Å²) in [4.78, 5) is 34.6. The summed E-state index contributed by atoms with van der Waals surface area (Å²) in [6.45, 7) is 2.60. The van der Waals surface area contributed by atoms with Gasteiger partial charge < -0.3 is 20.5 Å². The summed E-state index contributed by atoms with van der Waals surface area (Å²) in [5.74, 6) is -1.53. The molecule has 0 saturated carbocycles. The second-order valence-electron chi connectivity index (χ2n) is 8.81. The molecule has 7 heteroatoms. The number of benzene rings is 2. The van der Waals surface area contributed by atoms with Crippen LogP contribution in [-0.4, -0.2) is 42.8 Å². The van der Waals surface area contributed by atoms with Crippen LogP contribution >= 0.6 is 0 Å². The standard InChI is InChI=1S/C27H34N2O5/c1-19(26(31)32)17-29-25(30)15-5-3-2-4-10-16-28-27(33)34-18-24-22-13-8-6-11-20(22)21-12-7-9-14-23(21)24/h6-9,11-14,19,24H,2-5,10,15-18H2,1H3,(H,28,33)(H,29,30)(H,31,32). The molecule has 34 heavy (non-hydrogen) atoms. The first-order chi connectivity index (χ1) is 16.5. The van der Waals surface area contributed by atoms with Gasteiger partial charge in [0.15, 0.2) is 0 Å². The Bertz CT molecular complexity index is 945. The van der Waals surface area contributed by atoms with Crippen molar-refractivity contribution < 1.29 is 24.2 Å². The smallest absolute Gasteiger partial charge is 0.407 e. The van der Waals surface area contributed by atoms with Crippen molar-refractivity contribution in [3.8, 4) is 11.1 Å². The summed E-state index contributed by atoms with van der Waals surface area (Å²) >= 11 is 0. The van der Waals surface area contributed by atoms with Crippen LogP contribution in [0.25, 0.3) is 11.1 Å². The number of carbonyl (C=O) groups excluding carboxylic acids is 2. The van der Waals surface area contributed by atoms with Crippen LogP contribution in [0.5, 0.6) is 0 Å². The third-order valence-corrected chi connectivity index (χ3v) is 6.22. The van der Waals surface area contributed by atoms with Crippen molar-refractivity contribution in [3.05, 3.63) is 59.7 Å². The van der Waals surface area contributed by atoms with E-state index in [4.69, 9.17) is 9.84 Å². The quantitative estimate of drug-likeness (QED) is 0.371. The zero-order chi connectivity index (χ0) is 24.3. The number of rotatable bonds is 13. The van der Waals surface area contributed by atoms with E-state index < -0.39 is 18.0 Å². The SMILES string of the molecule is CC(CNC(=O)CCCCCCCNC(=O)OCC1c2ccccc2-c2ccccc21)C(=O)O. The topological polar surface area (TPSA) is 105 Å². The summed E-state index contributed by atoms with van der Waals surface area (Å²) in [5, 5.41) is 14.3. The molecule has 0 saturated heterocycles. The summed E-state index contributed by atoms with van der Waals surface area (Å²) in [7, 11) is 0. The van der Waals surface area contributed by atoms with E-state index in [0.29, 0.717) is 19.6 Å². The molecule has 1 aliphatic carbocycles. The highest BCUT2D eigenvalue weighted by Crippen LogP contribution is 2.44. The second-order valence-corrected chi connectivity index (χ2v) is 8.81. The lowest BCUT2D eigenvalue weighted by atomic mass is 9.98. The third kappa shape index (κ3) is 7.07. The Morgan fingerprint density at radius 3 is 2.12 bits per heavy atom. The normalized spacial score (nSPS) is 13.0. The van der Waals surface area contributed by atoms with Gasteiger partial charge in [-0.3, -0.25) is 9.59 Å². The predicted octanol–water partition coefficient (Wildman–Crippen LogP) is 4.70. The number of nitrogens with one attached hydrogen (secondary N) is 2. The number of unbranched alkanes of at least 4 members (excludes halogenated alkanes) is 4. The van der Waals surface area contributed by atoms with Crippen LogP contribution in [0.15, 0.2) is 48.5 Å². The molecular formula is C27H34N2O5. The largest absolute Gasteiger partial charge is 0.481 e. The van der Waals surface area contributed by atoms with Gasteiger partial charge in [-0.1, -0.05) is 74.7 Å². The number of carbonyl (C=O) groups is 3. The number of carboxylic acids is 1. The number of hydrogen-bond donors (Lipinski definition) is 3. The lowest BCUT2D eigenvalue weighted by molar-refractivity contribution is -0.141. The Labute approximate surface area is 200 Å². The average Bonchev–Trinajstić information content (AvgIpc) is 3.16. The van der Waals surface area contributed by atoms with Gasteiger partial charge in [-0.15, -0.1) is 0 Å². The molecule has 0 fully saturated rings. The van der Waals surface area contributed by atoms with E-state index >= 15 is 0 Å². The van der Waals surface area contributed by atoms with Gasteiger partial charge in [-0.25, -0.2) is 4.79 Å². The molecule has 0 radical (unpaired) electrons. The maximum atomic E-state index is 12.2. The Morgan fingerprint density at radius 2 is 1.47 bits per heavy atom. The third-order valence-electron chi connectivity index (χ3n) is 6.22. The van der Waals surface area contributed by atoms with E-state index in [1.807, 2.05) is 24.3 Å². The van der Waals surface area contributed by atoms with Crippen LogP contribution in [0.4, 0.5) is 4.79 Å². The van der Waals surface area contributed by atoms with Crippen molar-refractivity contribution in [1.29, 1.82) is 0 Å². The van der Waals surface area contributed by atoms with Crippen molar-refractivity contribution in [2.45, 2.75) is 51.4 Å². The fourth-order valence-electron chi connectivity index (χ4n) is 4.22. The minimum atomic E-state index is -0.910. The van der Waals surface area contributed by atoms with E-state index in [-0.39, 0.29) is 18.4 Å². The summed E-state index contributed by atoms with van der Waals surface area (Å²) < 4.78 is 5.53. The first-order valence-corrected chi connectivity index (χ1v) is 12.1. The number of hydrogen-bond acceptors (Lipinski definition) is 4. The van der Waals surface area contributed by atoms with Crippen LogP contribution in [0.2, 0.25) is 0 Å². The maximum Gasteiger partial charge on any atom is 0.407 e. The molecule has 0 spiro atoms. The van der Waals surface area contributed by atoms with Gasteiger partial charge in [-0.05, 0) is 35.1 Å². The van der Waals surface area contributed by atoms with Crippen molar-refractivity contribution in [2.24, 2.45) is 5.92 Å². The summed E-state index contributed by atoms with van der Waals surface area (Å²) in [5.41, 5.74) is 4.81. The van der Waals surface area contributed by atoms with Crippen molar-refractivity contribution in [2.75, 3.05) is 19.7 Å². The van der Waals surface area contributed by atoms with Gasteiger partial charge in [-0.2, -0.15) is 0 Å². The molecule has 0 heterocycles. The van der Waals surface area contributed by atoms with Crippen LogP contribution in [0.3, 0.4) is 0 Å². The lowest BCUT2D eigenvalue weighted by Gasteiger charge is -2.14. The van der Waals surface area contributed by atoms with Gasteiger partial charge in [0, 0.05) is 25.4 Å². The molecule has 0 bridgehead atoms. The van der Waals surface area contributed by atoms with E-state index in [0.717, 1.165) is 32.1 Å². The Hall–Kier alpha value is -3.35. The molecule has 7 nitrogen and oxygen atoms in total. The molecule has 2 aromatic carbocycles. The lowest BCUT2D eigenvalue weighted by Crippen LogP contribution is -2.31. The molecule has 3 rings (SSSR count). The van der Waals surface area contributed by atoms with E-state index in [1.165, 1.54) is 22.3 Å². The summed E-state index contributed by atoms with van der Waals surface area (Å²) in [6.07, 6.45) is 4.50. The average molecular weight is 467 g/mol. The fourth-order valence-corrected chi connectivity index (χ4v) is 4.22. The molecule has 182 valence electrons. The number of aliphatic carboxylic acids is 1. The Balaban J connectivity index is 1.25. The molecule has 1 atom stereocenters. The Kier molecular flexibility index (Phi) is 9.50. The fraction of sp³-hybridized carbons (Fsp3) is 0.444. The minimum absolute atomic E-state index is 0.0580. The highest BCUT2D eigenvalue weighted by Gasteiger charge is 2.28. The van der Waals surface area contributed by atoms with Gasteiger partial charge in [0.05, 0.1) is 5.92 Å². The number of carboxylic acid groups (broad SMARTS) is 1. The van der Waals surface area contributed by atoms with E-state index in [2.05, 4.69) is 34.9 Å². The predicted molar refractivity (Wildman–Crippen MR) is 131 cm³/mol. The van der Waals surface area contributed by atoms with Crippen molar-refractivity contribution in [3.63, 3.8) is 0 Å². The van der Waals surface area contributed by atoms with E-state index in [1.54, 1.807) is 6.92 Å². The molecule has 3 N–H and O–H groups in total. The first kappa shape index (κ1) is 25.3. The highest BCUT2D eigenvalue weighted by molar-refractivity contribution is 5.79. The number of fused-ring (bicyclic) bond motifs is 3. The highest BCUT2D eigenvalue weighted by atomic mass is 16.5. The molecular weight excluding hydrogens is 432 g/mol. The summed E-state index contributed by atoms with van der Waals surface area (Å²) in [6, 6.07) is 16.5. The number of alkyl carbamates (subject to hydrolysis) is 1. The molecule has 1 aliphatic rings. The number of ether oxygens (including phenoxy) is 1. The van der Waals surface area contributed by atoms with Crippen LogP contribution in [0, 0.1) is 5.92 Å². The Morgan fingerprint density at radius 1 is 0.882 bits per heavy atom.